The third kappa shape index (κ3) is 4.29. The van der Waals surface area contributed by atoms with Crippen LogP contribution in [0.2, 0.25) is 0 Å². The molecule has 0 bridgehead atoms. The van der Waals surface area contributed by atoms with Crippen LogP contribution >= 0.6 is 0 Å². The maximum Gasteiger partial charge on any atom is 0.224 e. The highest BCUT2D eigenvalue weighted by Gasteiger charge is 2.16. The average Bonchev–Trinajstić information content (AvgIpc) is 3.11. The standard InChI is InChI=1S/C22H22N6O/c1-22(2,3)13-20(29)24-17-8-6-15(7-9-17)18-10-11-19-25-26-21(28(19)27-18)16-5-4-12-23-14-16/h4-12,14H,13H2,1-3H3,(H,24,29). The van der Waals surface area contributed by atoms with E-state index in [1.807, 2.05) is 69.3 Å². The summed E-state index contributed by atoms with van der Waals surface area (Å²) in [5, 5.41) is 16.1. The molecule has 29 heavy (non-hydrogen) atoms. The maximum absolute atomic E-state index is 12.1. The van der Waals surface area contributed by atoms with Gasteiger partial charge in [-0.1, -0.05) is 32.9 Å². The van der Waals surface area contributed by atoms with Gasteiger partial charge in [-0.2, -0.15) is 9.61 Å². The fourth-order valence-corrected chi connectivity index (χ4v) is 3.03. The van der Waals surface area contributed by atoms with Gasteiger partial charge in [-0.15, -0.1) is 10.2 Å². The molecule has 0 saturated heterocycles. The average molecular weight is 386 g/mol. The van der Waals surface area contributed by atoms with Crippen molar-refractivity contribution in [1.82, 2.24) is 24.8 Å². The van der Waals surface area contributed by atoms with Gasteiger partial charge >= 0.3 is 0 Å². The lowest BCUT2D eigenvalue weighted by atomic mass is 9.92. The van der Waals surface area contributed by atoms with Crippen molar-refractivity contribution in [2.24, 2.45) is 5.41 Å². The Morgan fingerprint density at radius 3 is 2.48 bits per heavy atom. The highest BCUT2D eigenvalue weighted by molar-refractivity contribution is 5.91. The Kier molecular flexibility index (Phi) is 4.80. The van der Waals surface area contributed by atoms with Gasteiger partial charge in [-0.25, -0.2) is 0 Å². The molecular formula is C22H22N6O. The summed E-state index contributed by atoms with van der Waals surface area (Å²) < 4.78 is 1.71. The molecule has 1 amide bonds. The second kappa shape index (κ2) is 7.43. The number of amides is 1. The summed E-state index contributed by atoms with van der Waals surface area (Å²) in [6.45, 7) is 6.13. The number of aromatic nitrogens is 5. The van der Waals surface area contributed by atoms with Crippen LogP contribution in [0, 0.1) is 5.41 Å². The first-order valence-corrected chi connectivity index (χ1v) is 9.42. The van der Waals surface area contributed by atoms with Crippen LogP contribution in [0.1, 0.15) is 27.2 Å². The van der Waals surface area contributed by atoms with Gasteiger partial charge in [0.2, 0.25) is 5.91 Å². The molecule has 0 fully saturated rings. The minimum absolute atomic E-state index is 0.00963. The van der Waals surface area contributed by atoms with Crippen LogP contribution in [0.4, 0.5) is 5.69 Å². The summed E-state index contributed by atoms with van der Waals surface area (Å²) in [4.78, 5) is 16.3. The van der Waals surface area contributed by atoms with E-state index in [1.54, 1.807) is 16.9 Å². The van der Waals surface area contributed by atoms with Crippen LogP contribution in [-0.2, 0) is 4.79 Å². The summed E-state index contributed by atoms with van der Waals surface area (Å²) in [6.07, 6.45) is 3.92. The van der Waals surface area contributed by atoms with E-state index in [2.05, 4.69) is 20.5 Å². The van der Waals surface area contributed by atoms with Crippen molar-refractivity contribution >= 4 is 17.2 Å². The van der Waals surface area contributed by atoms with E-state index in [4.69, 9.17) is 5.10 Å². The first-order valence-electron chi connectivity index (χ1n) is 9.42. The van der Waals surface area contributed by atoms with Crippen LogP contribution in [0.5, 0.6) is 0 Å². The predicted molar refractivity (Wildman–Crippen MR) is 112 cm³/mol. The minimum Gasteiger partial charge on any atom is -0.326 e. The van der Waals surface area contributed by atoms with E-state index in [0.29, 0.717) is 17.9 Å². The molecule has 7 heteroatoms. The van der Waals surface area contributed by atoms with E-state index in [1.165, 1.54) is 0 Å². The molecule has 0 radical (unpaired) electrons. The Bertz CT molecular complexity index is 1140. The van der Waals surface area contributed by atoms with E-state index in [9.17, 15) is 4.79 Å². The van der Waals surface area contributed by atoms with Gasteiger partial charge in [0.05, 0.1) is 5.69 Å². The van der Waals surface area contributed by atoms with Crippen LogP contribution in [0.3, 0.4) is 0 Å². The van der Waals surface area contributed by atoms with Crippen molar-refractivity contribution in [2.45, 2.75) is 27.2 Å². The fraction of sp³-hybridized carbons (Fsp3) is 0.227. The number of carbonyl (C=O) groups excluding carboxylic acids is 1. The summed E-state index contributed by atoms with van der Waals surface area (Å²) in [5.74, 6) is 0.649. The molecule has 0 aliphatic heterocycles. The molecule has 1 aromatic carbocycles. The summed E-state index contributed by atoms with van der Waals surface area (Å²) in [6, 6.07) is 15.2. The Morgan fingerprint density at radius 1 is 1.00 bits per heavy atom. The van der Waals surface area contributed by atoms with Gasteiger partial charge in [-0.3, -0.25) is 9.78 Å². The van der Waals surface area contributed by atoms with Crippen molar-refractivity contribution in [3.8, 4) is 22.6 Å². The van der Waals surface area contributed by atoms with Crippen molar-refractivity contribution in [3.05, 3.63) is 60.9 Å². The smallest absolute Gasteiger partial charge is 0.224 e. The number of nitrogens with one attached hydrogen (secondary N) is 1. The fourth-order valence-electron chi connectivity index (χ4n) is 3.03. The largest absolute Gasteiger partial charge is 0.326 e. The van der Waals surface area contributed by atoms with E-state index >= 15 is 0 Å². The Labute approximate surface area is 168 Å². The molecule has 1 N–H and O–H groups in total. The van der Waals surface area contributed by atoms with Crippen LogP contribution in [0.15, 0.2) is 60.9 Å². The summed E-state index contributed by atoms with van der Waals surface area (Å²) in [5.41, 5.74) is 3.96. The van der Waals surface area contributed by atoms with Crippen LogP contribution < -0.4 is 5.32 Å². The molecule has 4 rings (SSSR count). The maximum atomic E-state index is 12.1. The van der Waals surface area contributed by atoms with Crippen molar-refractivity contribution in [3.63, 3.8) is 0 Å². The van der Waals surface area contributed by atoms with Gasteiger partial charge in [0.15, 0.2) is 11.5 Å². The van der Waals surface area contributed by atoms with Gasteiger partial charge in [0.1, 0.15) is 0 Å². The second-order valence-corrected chi connectivity index (χ2v) is 8.12. The zero-order valence-corrected chi connectivity index (χ0v) is 16.6. The molecule has 0 aliphatic rings. The van der Waals surface area contributed by atoms with Gasteiger partial charge in [0.25, 0.3) is 0 Å². The van der Waals surface area contributed by atoms with Gasteiger partial charge in [0, 0.05) is 35.6 Å². The summed E-state index contributed by atoms with van der Waals surface area (Å²) >= 11 is 0. The molecule has 0 aliphatic carbocycles. The summed E-state index contributed by atoms with van der Waals surface area (Å²) in [7, 11) is 0. The number of pyridine rings is 1. The number of benzene rings is 1. The topological polar surface area (TPSA) is 85.1 Å². The lowest BCUT2D eigenvalue weighted by Gasteiger charge is -2.17. The third-order valence-corrected chi connectivity index (χ3v) is 4.34. The first-order chi connectivity index (χ1) is 13.9. The zero-order chi connectivity index (χ0) is 20.4. The Balaban J connectivity index is 1.59. The second-order valence-electron chi connectivity index (χ2n) is 8.12. The highest BCUT2D eigenvalue weighted by Crippen LogP contribution is 2.23. The molecule has 0 spiro atoms. The minimum atomic E-state index is -0.0474. The van der Waals surface area contributed by atoms with Crippen LogP contribution in [0.25, 0.3) is 28.3 Å². The molecule has 4 aromatic rings. The lowest BCUT2D eigenvalue weighted by Crippen LogP contribution is -2.19. The number of anilines is 1. The Hall–Kier alpha value is -3.61. The van der Waals surface area contributed by atoms with Crippen LogP contribution in [-0.4, -0.2) is 30.7 Å². The number of fused-ring (bicyclic) bond motifs is 1. The quantitative estimate of drug-likeness (QED) is 0.567. The SMILES string of the molecule is CC(C)(C)CC(=O)Nc1ccc(-c2ccc3nnc(-c4cccnc4)n3n2)cc1. The number of nitrogens with zero attached hydrogens (tertiary/aromatic N) is 5. The molecule has 0 saturated carbocycles. The molecule has 146 valence electrons. The van der Waals surface area contributed by atoms with Crippen molar-refractivity contribution < 1.29 is 4.79 Å². The van der Waals surface area contributed by atoms with Gasteiger partial charge in [-0.05, 0) is 41.8 Å². The molecular weight excluding hydrogens is 364 g/mol. The number of rotatable bonds is 4. The van der Waals surface area contributed by atoms with Gasteiger partial charge < -0.3 is 5.32 Å². The third-order valence-electron chi connectivity index (χ3n) is 4.34. The monoisotopic (exact) mass is 386 g/mol. The van der Waals surface area contributed by atoms with E-state index < -0.39 is 0 Å². The Morgan fingerprint density at radius 2 is 1.79 bits per heavy atom. The number of hydrogen-bond donors (Lipinski definition) is 1. The lowest BCUT2D eigenvalue weighted by molar-refractivity contribution is -0.117. The zero-order valence-electron chi connectivity index (χ0n) is 16.6. The van der Waals surface area contributed by atoms with Crippen molar-refractivity contribution in [1.29, 1.82) is 0 Å². The molecule has 3 heterocycles. The molecule has 0 atom stereocenters. The highest BCUT2D eigenvalue weighted by atomic mass is 16.1. The van der Waals surface area contributed by atoms with E-state index in [-0.39, 0.29) is 11.3 Å². The number of carbonyl (C=O) groups is 1. The molecule has 0 unspecified atom stereocenters. The first kappa shape index (κ1) is 18.7. The van der Waals surface area contributed by atoms with Crippen molar-refractivity contribution in [2.75, 3.05) is 5.32 Å². The van der Waals surface area contributed by atoms with E-state index in [0.717, 1.165) is 22.5 Å². The predicted octanol–water partition coefficient (Wildman–Crippen LogP) is 4.23. The number of hydrogen-bond acceptors (Lipinski definition) is 5. The molecule has 7 nitrogen and oxygen atoms in total. The normalized spacial score (nSPS) is 11.6. The molecule has 3 aromatic heterocycles.